The highest BCUT2D eigenvalue weighted by atomic mass is 16.1. The summed E-state index contributed by atoms with van der Waals surface area (Å²) in [5, 5.41) is 0. The number of rotatable bonds is 0. The molecule has 0 N–H and O–H groups in total. The summed E-state index contributed by atoms with van der Waals surface area (Å²) in [4.78, 5) is 11.8. The SMILES string of the molecule is CC1C=CC2=CC(=O)CC2(C)C2CCCCC12. The molecular weight excluding hydrogens is 208 g/mol. The second kappa shape index (κ2) is 3.83. The lowest BCUT2D eigenvalue weighted by atomic mass is 9.60. The van der Waals surface area contributed by atoms with Crippen molar-refractivity contribution in [2.45, 2.75) is 46.0 Å². The number of carbonyl (C=O) groups is 1. The Kier molecular flexibility index (Phi) is 2.53. The average molecular weight is 230 g/mol. The topological polar surface area (TPSA) is 17.1 Å². The molecule has 1 saturated carbocycles. The van der Waals surface area contributed by atoms with E-state index in [1.807, 2.05) is 6.08 Å². The quantitative estimate of drug-likeness (QED) is 0.616. The predicted octanol–water partition coefficient (Wildman–Crippen LogP) is 3.90. The minimum Gasteiger partial charge on any atom is -0.295 e. The van der Waals surface area contributed by atoms with Gasteiger partial charge in [0, 0.05) is 11.8 Å². The number of fused-ring (bicyclic) bond motifs is 3. The molecule has 0 aromatic rings. The summed E-state index contributed by atoms with van der Waals surface area (Å²) >= 11 is 0. The number of carbonyl (C=O) groups excluding carboxylic acids is 1. The van der Waals surface area contributed by atoms with Crippen LogP contribution in [-0.2, 0) is 4.79 Å². The average Bonchev–Trinajstić information content (AvgIpc) is 2.57. The van der Waals surface area contributed by atoms with Crippen LogP contribution in [-0.4, -0.2) is 5.78 Å². The lowest BCUT2D eigenvalue weighted by Gasteiger charge is -2.43. The molecule has 1 heteroatoms. The van der Waals surface area contributed by atoms with Crippen molar-refractivity contribution >= 4 is 5.78 Å². The Hall–Kier alpha value is -0.850. The molecule has 3 aliphatic carbocycles. The highest BCUT2D eigenvalue weighted by molar-refractivity contribution is 5.95. The smallest absolute Gasteiger partial charge is 0.156 e. The number of hydrogen-bond acceptors (Lipinski definition) is 1. The van der Waals surface area contributed by atoms with E-state index in [9.17, 15) is 4.79 Å². The van der Waals surface area contributed by atoms with E-state index in [1.54, 1.807) is 0 Å². The molecule has 4 unspecified atom stereocenters. The molecule has 1 nitrogen and oxygen atoms in total. The lowest BCUT2D eigenvalue weighted by molar-refractivity contribution is -0.116. The van der Waals surface area contributed by atoms with Crippen LogP contribution in [0.4, 0.5) is 0 Å². The first-order chi connectivity index (χ1) is 8.11. The fraction of sp³-hybridized carbons (Fsp3) is 0.688. The zero-order valence-corrected chi connectivity index (χ0v) is 10.9. The van der Waals surface area contributed by atoms with Gasteiger partial charge in [0.25, 0.3) is 0 Å². The van der Waals surface area contributed by atoms with Crippen molar-refractivity contribution in [2.75, 3.05) is 0 Å². The Balaban J connectivity index is 2.04. The normalized spacial score (nSPS) is 44.9. The molecule has 17 heavy (non-hydrogen) atoms. The maximum atomic E-state index is 11.8. The first-order valence-corrected chi connectivity index (χ1v) is 7.04. The van der Waals surface area contributed by atoms with E-state index in [1.165, 1.54) is 31.3 Å². The molecule has 0 aliphatic heterocycles. The third-order valence-corrected chi connectivity index (χ3v) is 5.41. The van der Waals surface area contributed by atoms with Gasteiger partial charge in [-0.2, -0.15) is 0 Å². The van der Waals surface area contributed by atoms with Gasteiger partial charge < -0.3 is 0 Å². The van der Waals surface area contributed by atoms with Crippen molar-refractivity contribution in [3.63, 3.8) is 0 Å². The summed E-state index contributed by atoms with van der Waals surface area (Å²) in [5.74, 6) is 2.53. The lowest BCUT2D eigenvalue weighted by Crippen LogP contribution is -2.36. The van der Waals surface area contributed by atoms with Crippen LogP contribution in [0.5, 0.6) is 0 Å². The van der Waals surface area contributed by atoms with Crippen LogP contribution >= 0.6 is 0 Å². The number of ketones is 1. The van der Waals surface area contributed by atoms with Crippen LogP contribution in [0.3, 0.4) is 0 Å². The zero-order chi connectivity index (χ0) is 12.0. The van der Waals surface area contributed by atoms with E-state index in [2.05, 4.69) is 26.0 Å². The first-order valence-electron chi connectivity index (χ1n) is 7.04. The molecular formula is C16H22O. The van der Waals surface area contributed by atoms with Crippen molar-refractivity contribution in [3.05, 3.63) is 23.8 Å². The largest absolute Gasteiger partial charge is 0.295 e. The van der Waals surface area contributed by atoms with Crippen molar-refractivity contribution < 1.29 is 4.79 Å². The van der Waals surface area contributed by atoms with E-state index in [4.69, 9.17) is 0 Å². The van der Waals surface area contributed by atoms with E-state index in [0.29, 0.717) is 11.7 Å². The molecule has 0 radical (unpaired) electrons. The molecule has 0 amide bonds. The molecule has 0 spiro atoms. The maximum Gasteiger partial charge on any atom is 0.156 e. The van der Waals surface area contributed by atoms with E-state index in [-0.39, 0.29) is 5.41 Å². The Morgan fingerprint density at radius 1 is 1.29 bits per heavy atom. The Labute approximate surface area is 104 Å². The van der Waals surface area contributed by atoms with Gasteiger partial charge in [-0.3, -0.25) is 4.79 Å². The minimum atomic E-state index is 0.142. The third kappa shape index (κ3) is 1.63. The summed E-state index contributed by atoms with van der Waals surface area (Å²) in [6.45, 7) is 4.68. The summed E-state index contributed by atoms with van der Waals surface area (Å²) in [6, 6.07) is 0. The molecule has 0 heterocycles. The van der Waals surface area contributed by atoms with Gasteiger partial charge in [-0.05, 0) is 42.2 Å². The number of allylic oxidation sites excluding steroid dienone is 4. The van der Waals surface area contributed by atoms with Gasteiger partial charge in [-0.25, -0.2) is 0 Å². The Bertz CT molecular complexity index is 404. The van der Waals surface area contributed by atoms with Gasteiger partial charge in [0.05, 0.1) is 0 Å². The van der Waals surface area contributed by atoms with E-state index < -0.39 is 0 Å². The maximum absolute atomic E-state index is 11.8. The highest BCUT2D eigenvalue weighted by Crippen LogP contribution is 2.55. The van der Waals surface area contributed by atoms with E-state index in [0.717, 1.165) is 18.3 Å². The molecule has 0 bridgehead atoms. The Morgan fingerprint density at radius 3 is 2.88 bits per heavy atom. The zero-order valence-electron chi connectivity index (χ0n) is 10.9. The minimum absolute atomic E-state index is 0.142. The molecule has 3 aliphatic rings. The van der Waals surface area contributed by atoms with Gasteiger partial charge >= 0.3 is 0 Å². The molecule has 3 rings (SSSR count). The summed E-state index contributed by atoms with van der Waals surface area (Å²) in [5.41, 5.74) is 1.45. The second-order valence-electron chi connectivity index (χ2n) is 6.43. The van der Waals surface area contributed by atoms with Crippen molar-refractivity contribution in [3.8, 4) is 0 Å². The van der Waals surface area contributed by atoms with Gasteiger partial charge in [-0.1, -0.05) is 38.8 Å². The van der Waals surface area contributed by atoms with Crippen molar-refractivity contribution in [1.82, 2.24) is 0 Å². The Morgan fingerprint density at radius 2 is 2.06 bits per heavy atom. The first kappa shape index (κ1) is 11.3. The van der Waals surface area contributed by atoms with Crippen LogP contribution < -0.4 is 0 Å². The second-order valence-corrected chi connectivity index (χ2v) is 6.43. The van der Waals surface area contributed by atoms with Crippen LogP contribution in [0.1, 0.15) is 46.0 Å². The van der Waals surface area contributed by atoms with Gasteiger partial charge in [-0.15, -0.1) is 0 Å². The predicted molar refractivity (Wildman–Crippen MR) is 69.6 cm³/mol. The fourth-order valence-corrected chi connectivity index (χ4v) is 4.42. The highest BCUT2D eigenvalue weighted by Gasteiger charge is 2.48. The van der Waals surface area contributed by atoms with Crippen LogP contribution in [0.2, 0.25) is 0 Å². The molecule has 1 fully saturated rings. The molecule has 0 aromatic heterocycles. The van der Waals surface area contributed by atoms with Crippen LogP contribution in [0.25, 0.3) is 0 Å². The van der Waals surface area contributed by atoms with E-state index >= 15 is 0 Å². The van der Waals surface area contributed by atoms with Crippen LogP contribution in [0.15, 0.2) is 23.8 Å². The standard InChI is InChI=1S/C16H22O/c1-11-7-8-12-9-13(17)10-16(12,2)15-6-4-3-5-14(11)15/h7-9,11,14-15H,3-6,10H2,1-2H3. The molecule has 0 saturated heterocycles. The van der Waals surface area contributed by atoms with Gasteiger partial charge in [0.1, 0.15) is 0 Å². The summed E-state index contributed by atoms with van der Waals surface area (Å²) in [6.07, 6.45) is 12.6. The van der Waals surface area contributed by atoms with Crippen molar-refractivity contribution in [2.24, 2.45) is 23.2 Å². The molecule has 92 valence electrons. The summed E-state index contributed by atoms with van der Waals surface area (Å²) < 4.78 is 0. The summed E-state index contributed by atoms with van der Waals surface area (Å²) in [7, 11) is 0. The van der Waals surface area contributed by atoms with Gasteiger partial charge in [0.2, 0.25) is 0 Å². The van der Waals surface area contributed by atoms with Gasteiger partial charge in [0.15, 0.2) is 5.78 Å². The number of hydrogen-bond donors (Lipinski definition) is 0. The van der Waals surface area contributed by atoms with Crippen molar-refractivity contribution in [1.29, 1.82) is 0 Å². The third-order valence-electron chi connectivity index (χ3n) is 5.41. The molecule has 4 atom stereocenters. The monoisotopic (exact) mass is 230 g/mol. The fourth-order valence-electron chi connectivity index (χ4n) is 4.42. The van der Waals surface area contributed by atoms with Crippen LogP contribution in [0, 0.1) is 23.2 Å². The molecule has 0 aromatic carbocycles.